The van der Waals surface area contributed by atoms with Gasteiger partial charge >= 0.3 is 0 Å². The van der Waals surface area contributed by atoms with E-state index in [1.165, 1.54) is 0 Å². The second-order valence-corrected chi connectivity index (χ2v) is 5.31. The van der Waals surface area contributed by atoms with E-state index in [4.69, 9.17) is 0 Å². The predicted molar refractivity (Wildman–Crippen MR) is 76.5 cm³/mol. The zero-order valence-corrected chi connectivity index (χ0v) is 12.5. The Morgan fingerprint density at radius 1 is 1.58 bits per heavy atom. The quantitative estimate of drug-likeness (QED) is 0.772. The summed E-state index contributed by atoms with van der Waals surface area (Å²) < 4.78 is 2.02. The Labute approximate surface area is 116 Å². The molecule has 1 aromatic rings. The molecule has 0 aliphatic heterocycles. The second kappa shape index (κ2) is 7.27. The molecule has 0 aliphatic carbocycles. The first-order valence-electron chi connectivity index (χ1n) is 6.82. The lowest BCUT2D eigenvalue weighted by atomic mass is 9.99. The number of aromatic nitrogens is 2. The van der Waals surface area contributed by atoms with E-state index in [0.29, 0.717) is 0 Å². The third kappa shape index (κ3) is 5.01. The SMILES string of the molecule is CCCNC(C)(C#N)CCN(C)Cc1nccn1C. The van der Waals surface area contributed by atoms with Crippen LogP contribution >= 0.6 is 0 Å². The highest BCUT2D eigenvalue weighted by atomic mass is 15.2. The van der Waals surface area contributed by atoms with Gasteiger partial charge in [0.1, 0.15) is 11.4 Å². The van der Waals surface area contributed by atoms with Gasteiger partial charge in [-0.1, -0.05) is 6.92 Å². The summed E-state index contributed by atoms with van der Waals surface area (Å²) in [6.07, 6.45) is 5.61. The van der Waals surface area contributed by atoms with Gasteiger partial charge in [-0.15, -0.1) is 0 Å². The van der Waals surface area contributed by atoms with Gasteiger partial charge in [0.05, 0.1) is 12.6 Å². The third-order valence-electron chi connectivity index (χ3n) is 3.34. The van der Waals surface area contributed by atoms with Crippen molar-refractivity contribution in [3.8, 4) is 6.07 Å². The molecule has 19 heavy (non-hydrogen) atoms. The van der Waals surface area contributed by atoms with E-state index in [9.17, 15) is 5.26 Å². The molecule has 1 unspecified atom stereocenters. The van der Waals surface area contributed by atoms with Crippen molar-refractivity contribution in [2.45, 2.75) is 38.8 Å². The van der Waals surface area contributed by atoms with Crippen LogP contribution in [0, 0.1) is 11.3 Å². The molecular weight excluding hydrogens is 238 g/mol. The van der Waals surface area contributed by atoms with Crippen LogP contribution in [0.1, 0.15) is 32.5 Å². The molecule has 1 heterocycles. The number of aryl methyl sites for hydroxylation is 1. The van der Waals surface area contributed by atoms with Crippen molar-refractivity contribution in [1.82, 2.24) is 19.8 Å². The van der Waals surface area contributed by atoms with E-state index in [1.54, 1.807) is 0 Å². The van der Waals surface area contributed by atoms with Crippen LogP contribution in [0.2, 0.25) is 0 Å². The molecule has 1 atom stereocenters. The van der Waals surface area contributed by atoms with Crippen molar-refractivity contribution < 1.29 is 0 Å². The Balaban J connectivity index is 2.42. The Kier molecular flexibility index (Phi) is 6.00. The van der Waals surface area contributed by atoms with Crippen LogP contribution in [-0.2, 0) is 13.6 Å². The normalized spacial score (nSPS) is 14.3. The van der Waals surface area contributed by atoms with E-state index in [2.05, 4.69) is 35.2 Å². The molecule has 1 rings (SSSR count). The topological polar surface area (TPSA) is 56.9 Å². The Hall–Kier alpha value is -1.38. The summed E-state index contributed by atoms with van der Waals surface area (Å²) in [5.41, 5.74) is -0.439. The van der Waals surface area contributed by atoms with Gasteiger partial charge in [-0.2, -0.15) is 5.26 Å². The maximum atomic E-state index is 9.28. The van der Waals surface area contributed by atoms with Crippen molar-refractivity contribution in [1.29, 1.82) is 5.26 Å². The molecule has 0 fully saturated rings. The largest absolute Gasteiger partial charge is 0.337 e. The van der Waals surface area contributed by atoms with E-state index in [0.717, 1.165) is 38.3 Å². The van der Waals surface area contributed by atoms with Gasteiger partial charge in [0.25, 0.3) is 0 Å². The minimum atomic E-state index is -0.439. The van der Waals surface area contributed by atoms with Gasteiger partial charge in [-0.05, 0) is 33.4 Å². The van der Waals surface area contributed by atoms with Crippen molar-refractivity contribution >= 4 is 0 Å². The smallest absolute Gasteiger partial charge is 0.122 e. The molecule has 5 nitrogen and oxygen atoms in total. The van der Waals surface area contributed by atoms with Crippen LogP contribution in [-0.4, -0.2) is 40.1 Å². The molecule has 0 saturated heterocycles. The van der Waals surface area contributed by atoms with Crippen molar-refractivity contribution in [2.24, 2.45) is 7.05 Å². The van der Waals surface area contributed by atoms with Crippen LogP contribution in [0.3, 0.4) is 0 Å². The number of rotatable bonds is 8. The fraction of sp³-hybridized carbons (Fsp3) is 0.714. The van der Waals surface area contributed by atoms with Gasteiger partial charge < -0.3 is 4.57 Å². The first-order chi connectivity index (χ1) is 9.00. The first kappa shape index (κ1) is 15.7. The first-order valence-corrected chi connectivity index (χ1v) is 6.82. The predicted octanol–water partition coefficient (Wildman–Crippen LogP) is 1.52. The summed E-state index contributed by atoms with van der Waals surface area (Å²) in [6, 6.07) is 2.38. The summed E-state index contributed by atoms with van der Waals surface area (Å²) in [5.74, 6) is 1.04. The minimum Gasteiger partial charge on any atom is -0.337 e. The van der Waals surface area contributed by atoms with Gasteiger partial charge in [0.15, 0.2) is 0 Å². The average Bonchev–Trinajstić information content (AvgIpc) is 2.80. The van der Waals surface area contributed by atoms with Crippen LogP contribution in [0.5, 0.6) is 0 Å². The zero-order chi connectivity index (χ0) is 14.3. The number of hydrogen-bond acceptors (Lipinski definition) is 4. The molecule has 0 radical (unpaired) electrons. The Bertz CT molecular complexity index is 420. The van der Waals surface area contributed by atoms with Crippen molar-refractivity contribution in [2.75, 3.05) is 20.1 Å². The third-order valence-corrected chi connectivity index (χ3v) is 3.34. The van der Waals surface area contributed by atoms with E-state index < -0.39 is 5.54 Å². The summed E-state index contributed by atoms with van der Waals surface area (Å²) in [4.78, 5) is 6.51. The van der Waals surface area contributed by atoms with Gasteiger partial charge in [-0.25, -0.2) is 4.98 Å². The summed E-state index contributed by atoms with van der Waals surface area (Å²) in [7, 11) is 4.06. The Morgan fingerprint density at radius 3 is 2.84 bits per heavy atom. The lowest BCUT2D eigenvalue weighted by molar-refractivity contribution is 0.274. The molecule has 0 aliphatic rings. The van der Waals surface area contributed by atoms with Crippen LogP contribution in [0.25, 0.3) is 0 Å². The summed E-state index contributed by atoms with van der Waals surface area (Å²) in [6.45, 7) is 6.63. The molecule has 5 heteroatoms. The number of hydrogen-bond donors (Lipinski definition) is 1. The molecular formula is C14H25N5. The number of imidazole rings is 1. The monoisotopic (exact) mass is 263 g/mol. The maximum Gasteiger partial charge on any atom is 0.122 e. The highest BCUT2D eigenvalue weighted by Gasteiger charge is 2.22. The molecule has 0 aromatic carbocycles. The van der Waals surface area contributed by atoms with Crippen molar-refractivity contribution in [3.05, 3.63) is 18.2 Å². The van der Waals surface area contributed by atoms with Crippen molar-refractivity contribution in [3.63, 3.8) is 0 Å². The average molecular weight is 263 g/mol. The molecule has 0 saturated carbocycles. The Morgan fingerprint density at radius 2 is 2.32 bits per heavy atom. The molecule has 1 aromatic heterocycles. The number of nitriles is 1. The lowest BCUT2D eigenvalue weighted by Crippen LogP contribution is -2.43. The molecule has 0 bridgehead atoms. The fourth-order valence-corrected chi connectivity index (χ4v) is 1.87. The van der Waals surface area contributed by atoms with Crippen LogP contribution in [0.4, 0.5) is 0 Å². The molecule has 106 valence electrons. The zero-order valence-electron chi connectivity index (χ0n) is 12.5. The van der Waals surface area contributed by atoms with Crippen LogP contribution in [0.15, 0.2) is 12.4 Å². The van der Waals surface area contributed by atoms with E-state index in [1.807, 2.05) is 30.9 Å². The highest BCUT2D eigenvalue weighted by molar-refractivity contribution is 5.04. The second-order valence-electron chi connectivity index (χ2n) is 5.31. The molecule has 0 amide bonds. The maximum absolute atomic E-state index is 9.28. The minimum absolute atomic E-state index is 0.439. The van der Waals surface area contributed by atoms with Gasteiger partial charge in [0.2, 0.25) is 0 Å². The molecule has 0 spiro atoms. The summed E-state index contributed by atoms with van der Waals surface area (Å²) in [5, 5.41) is 12.6. The fourth-order valence-electron chi connectivity index (χ4n) is 1.87. The number of nitrogens with zero attached hydrogens (tertiary/aromatic N) is 4. The van der Waals surface area contributed by atoms with Gasteiger partial charge in [-0.3, -0.25) is 10.2 Å². The van der Waals surface area contributed by atoms with E-state index >= 15 is 0 Å². The molecule has 1 N–H and O–H groups in total. The standard InChI is InChI=1S/C14H25N5/c1-5-7-17-14(2,12-15)6-9-18(3)11-13-16-8-10-19(13)4/h8,10,17H,5-7,9,11H2,1-4H3. The van der Waals surface area contributed by atoms with Gasteiger partial charge in [0, 0.05) is 26.0 Å². The van der Waals surface area contributed by atoms with E-state index in [-0.39, 0.29) is 0 Å². The number of nitrogens with one attached hydrogen (secondary N) is 1. The lowest BCUT2D eigenvalue weighted by Gasteiger charge is -2.26. The summed E-state index contributed by atoms with van der Waals surface area (Å²) >= 11 is 0. The van der Waals surface area contributed by atoms with Crippen LogP contribution < -0.4 is 5.32 Å². The highest BCUT2D eigenvalue weighted by Crippen LogP contribution is 2.10.